The molecule has 0 saturated carbocycles. The highest BCUT2D eigenvalue weighted by molar-refractivity contribution is 5.96. The van der Waals surface area contributed by atoms with E-state index in [-0.39, 0.29) is 16.8 Å². The monoisotopic (exact) mass is 391 g/mol. The Hall–Kier alpha value is -4.62. The van der Waals surface area contributed by atoms with E-state index in [0.29, 0.717) is 38.2 Å². The van der Waals surface area contributed by atoms with Gasteiger partial charge in [0.05, 0.1) is 21.6 Å². The SMILES string of the molecule is N#CC(C#N)=c1c2ccccc2n2c(=O)c3cc(-c4ccnc(F)c4)ccc3nc12. The van der Waals surface area contributed by atoms with Crippen LogP contribution in [0.15, 0.2) is 65.6 Å². The number of hydrogen-bond donors (Lipinski definition) is 0. The standard InChI is InChI=1S/C23H10FN5O/c24-20-10-14(7-8-27-20)13-5-6-18-17(9-13)23(30)29-19-4-2-1-3-16(19)21(22(29)28-18)15(11-25)12-26/h1-10H. The molecule has 0 spiro atoms. The average molecular weight is 391 g/mol. The summed E-state index contributed by atoms with van der Waals surface area (Å²) < 4.78 is 14.9. The number of rotatable bonds is 1. The van der Waals surface area contributed by atoms with Crippen LogP contribution in [0.4, 0.5) is 4.39 Å². The van der Waals surface area contributed by atoms with E-state index >= 15 is 0 Å². The normalized spacial score (nSPS) is 10.9. The smallest absolute Gasteiger partial charge is 0.266 e. The van der Waals surface area contributed by atoms with Crippen LogP contribution < -0.4 is 10.8 Å². The minimum Gasteiger partial charge on any atom is -0.268 e. The first-order chi connectivity index (χ1) is 14.6. The predicted octanol–water partition coefficient (Wildman–Crippen LogP) is 3.12. The largest absolute Gasteiger partial charge is 0.268 e. The Bertz CT molecular complexity index is 1690. The summed E-state index contributed by atoms with van der Waals surface area (Å²) >= 11 is 0. The third kappa shape index (κ3) is 2.43. The summed E-state index contributed by atoms with van der Waals surface area (Å²) in [6, 6.07) is 18.9. The zero-order valence-electron chi connectivity index (χ0n) is 15.3. The van der Waals surface area contributed by atoms with E-state index in [0.717, 1.165) is 0 Å². The Morgan fingerprint density at radius 3 is 2.50 bits per heavy atom. The molecule has 3 heterocycles. The lowest BCUT2D eigenvalue weighted by molar-refractivity contribution is 0.584. The van der Waals surface area contributed by atoms with E-state index in [2.05, 4.69) is 9.97 Å². The van der Waals surface area contributed by atoms with Gasteiger partial charge in [0.15, 0.2) is 5.65 Å². The molecule has 3 aromatic heterocycles. The van der Waals surface area contributed by atoms with Crippen molar-refractivity contribution in [1.29, 1.82) is 10.5 Å². The molecule has 0 atom stereocenters. The predicted molar refractivity (Wildman–Crippen MR) is 110 cm³/mol. The summed E-state index contributed by atoms with van der Waals surface area (Å²) in [4.78, 5) is 21.6. The van der Waals surface area contributed by atoms with Crippen LogP contribution in [0, 0.1) is 28.6 Å². The highest BCUT2D eigenvalue weighted by atomic mass is 19.1. The van der Waals surface area contributed by atoms with Crippen molar-refractivity contribution in [2.45, 2.75) is 0 Å². The molecule has 0 radical (unpaired) electrons. The summed E-state index contributed by atoms with van der Waals surface area (Å²) in [5.41, 5.74) is 2.05. The van der Waals surface area contributed by atoms with Gasteiger partial charge in [-0.3, -0.25) is 9.20 Å². The minimum atomic E-state index is -0.611. The number of nitrogens with zero attached hydrogens (tertiary/aromatic N) is 5. The summed E-state index contributed by atoms with van der Waals surface area (Å²) in [5.74, 6) is -0.611. The van der Waals surface area contributed by atoms with Gasteiger partial charge in [0, 0.05) is 17.6 Å². The quantitative estimate of drug-likeness (QED) is 0.409. The highest BCUT2D eigenvalue weighted by Gasteiger charge is 2.16. The Balaban J connectivity index is 1.97. The molecule has 5 rings (SSSR count). The van der Waals surface area contributed by atoms with Crippen LogP contribution in [0.2, 0.25) is 0 Å². The topological polar surface area (TPSA) is 94.8 Å². The van der Waals surface area contributed by atoms with Crippen LogP contribution in [0.5, 0.6) is 0 Å². The summed E-state index contributed by atoms with van der Waals surface area (Å²) in [5, 5.41) is 20.1. The van der Waals surface area contributed by atoms with Crippen molar-refractivity contribution in [1.82, 2.24) is 14.4 Å². The molecule has 0 N–H and O–H groups in total. The van der Waals surface area contributed by atoms with Crippen molar-refractivity contribution in [3.05, 3.63) is 82.3 Å². The number of hydrogen-bond acceptors (Lipinski definition) is 5. The summed E-state index contributed by atoms with van der Waals surface area (Å²) in [7, 11) is 0. The van der Waals surface area contributed by atoms with Gasteiger partial charge in [0.1, 0.15) is 17.7 Å². The van der Waals surface area contributed by atoms with Gasteiger partial charge < -0.3 is 0 Å². The Kier molecular flexibility index (Phi) is 3.77. The maximum absolute atomic E-state index is 13.5. The third-order valence-corrected chi connectivity index (χ3v) is 5.04. The number of para-hydroxylation sites is 1. The van der Waals surface area contributed by atoms with Crippen molar-refractivity contribution in [3.63, 3.8) is 0 Å². The molecule has 0 aliphatic heterocycles. The Morgan fingerprint density at radius 1 is 0.967 bits per heavy atom. The van der Waals surface area contributed by atoms with Crippen molar-refractivity contribution in [2.75, 3.05) is 0 Å². The number of nitriles is 2. The zero-order chi connectivity index (χ0) is 20.8. The van der Waals surface area contributed by atoms with Crippen LogP contribution >= 0.6 is 0 Å². The van der Waals surface area contributed by atoms with Gasteiger partial charge >= 0.3 is 0 Å². The summed E-state index contributed by atoms with van der Waals surface area (Å²) in [6.07, 6.45) is 1.36. The van der Waals surface area contributed by atoms with E-state index in [1.54, 1.807) is 48.5 Å². The molecule has 7 heteroatoms. The molecule has 0 aliphatic rings. The van der Waals surface area contributed by atoms with Gasteiger partial charge in [0.2, 0.25) is 5.95 Å². The van der Waals surface area contributed by atoms with Crippen LogP contribution in [0.1, 0.15) is 0 Å². The number of aromatic nitrogens is 3. The van der Waals surface area contributed by atoms with Gasteiger partial charge in [-0.2, -0.15) is 14.9 Å². The van der Waals surface area contributed by atoms with Crippen molar-refractivity contribution in [3.8, 4) is 23.3 Å². The average Bonchev–Trinajstić information content (AvgIpc) is 3.09. The number of halogens is 1. The minimum absolute atomic E-state index is 0.108. The number of benzene rings is 2. The molecule has 30 heavy (non-hydrogen) atoms. The fraction of sp³-hybridized carbons (Fsp3) is 0. The van der Waals surface area contributed by atoms with Crippen molar-refractivity contribution >= 4 is 33.0 Å². The van der Waals surface area contributed by atoms with E-state index in [4.69, 9.17) is 0 Å². The molecule has 0 bridgehead atoms. The zero-order valence-corrected chi connectivity index (χ0v) is 15.3. The maximum Gasteiger partial charge on any atom is 0.266 e. The maximum atomic E-state index is 13.5. The highest BCUT2D eigenvalue weighted by Crippen LogP contribution is 2.23. The molecule has 0 amide bonds. The molecule has 0 saturated heterocycles. The van der Waals surface area contributed by atoms with Gasteiger partial charge in [-0.15, -0.1) is 0 Å². The molecule has 0 unspecified atom stereocenters. The first kappa shape index (κ1) is 17.5. The summed E-state index contributed by atoms with van der Waals surface area (Å²) in [6.45, 7) is 0. The Morgan fingerprint density at radius 2 is 1.73 bits per heavy atom. The lowest BCUT2D eigenvalue weighted by Crippen LogP contribution is -2.17. The molecular weight excluding hydrogens is 381 g/mol. The molecule has 5 aromatic rings. The first-order valence-electron chi connectivity index (χ1n) is 8.95. The number of fused-ring (bicyclic) bond motifs is 4. The van der Waals surface area contributed by atoms with Crippen LogP contribution in [0.3, 0.4) is 0 Å². The molecule has 0 fully saturated rings. The van der Waals surface area contributed by atoms with Gasteiger partial charge in [-0.05, 0) is 35.4 Å². The molecular formula is C23H10FN5O. The Labute approximate surface area is 168 Å². The molecule has 6 nitrogen and oxygen atoms in total. The molecule has 140 valence electrons. The molecule has 0 aliphatic carbocycles. The van der Waals surface area contributed by atoms with E-state index in [9.17, 15) is 19.7 Å². The van der Waals surface area contributed by atoms with Gasteiger partial charge in [0.25, 0.3) is 5.56 Å². The van der Waals surface area contributed by atoms with Crippen molar-refractivity contribution < 1.29 is 4.39 Å². The lowest BCUT2D eigenvalue weighted by Gasteiger charge is -2.05. The van der Waals surface area contributed by atoms with E-state index in [1.807, 2.05) is 12.1 Å². The van der Waals surface area contributed by atoms with E-state index < -0.39 is 5.95 Å². The fourth-order valence-corrected chi connectivity index (χ4v) is 3.72. The third-order valence-electron chi connectivity index (χ3n) is 5.04. The first-order valence-corrected chi connectivity index (χ1v) is 8.95. The van der Waals surface area contributed by atoms with E-state index in [1.165, 1.54) is 16.7 Å². The lowest BCUT2D eigenvalue weighted by atomic mass is 10.0. The number of pyridine rings is 1. The van der Waals surface area contributed by atoms with Gasteiger partial charge in [-0.25, -0.2) is 9.97 Å². The van der Waals surface area contributed by atoms with Crippen molar-refractivity contribution in [2.24, 2.45) is 0 Å². The molecule has 2 aromatic carbocycles. The second-order valence-corrected chi connectivity index (χ2v) is 6.67. The second-order valence-electron chi connectivity index (χ2n) is 6.67. The van der Waals surface area contributed by atoms with Crippen LogP contribution in [-0.4, -0.2) is 14.4 Å². The van der Waals surface area contributed by atoms with Gasteiger partial charge in [-0.1, -0.05) is 24.3 Å². The fourth-order valence-electron chi connectivity index (χ4n) is 3.72. The van der Waals surface area contributed by atoms with Crippen LogP contribution in [-0.2, 0) is 0 Å². The van der Waals surface area contributed by atoms with Crippen LogP contribution in [0.25, 0.3) is 44.2 Å². The second kappa shape index (κ2) is 6.47.